The molecule has 0 radical (unpaired) electrons. The van der Waals surface area contributed by atoms with E-state index in [9.17, 15) is 0 Å². The highest BCUT2D eigenvalue weighted by Gasteiger charge is 2.17. The zero-order valence-electron chi connectivity index (χ0n) is 13.4. The lowest BCUT2D eigenvalue weighted by molar-refractivity contribution is 0.174. The number of hydrogen-bond acceptors (Lipinski definition) is 8. The standard InChI is InChI=1S/C17H12N6O3/c1-2-13-14(25-10-24-13)7-11(1)16-21-15(26-22-16)9-23-6-5-20-17(23)12-8-18-3-4-19-12/h1-8H,9-10H2. The molecule has 0 saturated carbocycles. The van der Waals surface area contributed by atoms with Crippen LogP contribution in [0, 0.1) is 0 Å². The predicted octanol–water partition coefficient (Wildman–Crippen LogP) is 2.17. The maximum atomic E-state index is 5.38. The summed E-state index contributed by atoms with van der Waals surface area (Å²) in [6.45, 7) is 0.603. The fourth-order valence-corrected chi connectivity index (χ4v) is 2.70. The summed E-state index contributed by atoms with van der Waals surface area (Å²) < 4.78 is 18.0. The molecule has 4 heterocycles. The van der Waals surface area contributed by atoms with Gasteiger partial charge in [-0.3, -0.25) is 4.98 Å². The molecule has 9 heteroatoms. The number of hydrogen-bond donors (Lipinski definition) is 0. The van der Waals surface area contributed by atoms with Crippen molar-refractivity contribution in [2.45, 2.75) is 6.54 Å². The van der Waals surface area contributed by atoms with E-state index in [0.29, 0.717) is 41.3 Å². The zero-order chi connectivity index (χ0) is 17.3. The Balaban J connectivity index is 1.41. The fraction of sp³-hybridized carbons (Fsp3) is 0.118. The molecular weight excluding hydrogens is 336 g/mol. The van der Waals surface area contributed by atoms with Crippen LogP contribution in [0.4, 0.5) is 0 Å². The molecule has 3 aromatic heterocycles. The van der Waals surface area contributed by atoms with E-state index in [0.717, 1.165) is 5.56 Å². The second kappa shape index (κ2) is 5.96. The third-order valence-electron chi connectivity index (χ3n) is 3.91. The van der Waals surface area contributed by atoms with E-state index in [1.807, 2.05) is 29.0 Å². The molecule has 0 bridgehead atoms. The minimum absolute atomic E-state index is 0.224. The van der Waals surface area contributed by atoms with Crippen molar-refractivity contribution >= 4 is 0 Å². The van der Waals surface area contributed by atoms with Gasteiger partial charge >= 0.3 is 0 Å². The number of ether oxygens (including phenoxy) is 2. The molecule has 128 valence electrons. The number of fused-ring (bicyclic) bond motifs is 1. The summed E-state index contributed by atoms with van der Waals surface area (Å²) in [6.07, 6.45) is 8.42. The van der Waals surface area contributed by atoms with Gasteiger partial charge < -0.3 is 18.6 Å². The summed E-state index contributed by atoms with van der Waals surface area (Å²) in [7, 11) is 0. The topological polar surface area (TPSA) is 101 Å². The number of imidazole rings is 1. The maximum Gasteiger partial charge on any atom is 0.246 e. The molecular formula is C17H12N6O3. The Labute approximate surface area is 147 Å². The van der Waals surface area contributed by atoms with Crippen molar-refractivity contribution in [1.29, 1.82) is 0 Å². The van der Waals surface area contributed by atoms with Gasteiger partial charge in [0.2, 0.25) is 18.5 Å². The first-order chi connectivity index (χ1) is 12.9. The first-order valence-corrected chi connectivity index (χ1v) is 7.87. The Hall–Kier alpha value is -3.75. The van der Waals surface area contributed by atoms with Crippen LogP contribution in [0.3, 0.4) is 0 Å². The minimum Gasteiger partial charge on any atom is -0.454 e. The maximum absolute atomic E-state index is 5.38. The number of benzene rings is 1. The van der Waals surface area contributed by atoms with Gasteiger partial charge in [-0.1, -0.05) is 5.16 Å². The van der Waals surface area contributed by atoms with Gasteiger partial charge in [-0.25, -0.2) is 9.97 Å². The highest BCUT2D eigenvalue weighted by atomic mass is 16.7. The molecule has 1 aliphatic heterocycles. The normalized spacial score (nSPS) is 12.5. The molecule has 0 atom stereocenters. The summed E-state index contributed by atoms with van der Waals surface area (Å²) in [4.78, 5) is 17.1. The van der Waals surface area contributed by atoms with E-state index in [1.54, 1.807) is 24.8 Å². The van der Waals surface area contributed by atoms with Crippen LogP contribution in [0.1, 0.15) is 5.89 Å². The van der Waals surface area contributed by atoms with Crippen LogP contribution in [0.5, 0.6) is 11.5 Å². The van der Waals surface area contributed by atoms with E-state index < -0.39 is 0 Å². The Kier molecular flexibility index (Phi) is 3.34. The summed E-state index contributed by atoms with van der Waals surface area (Å²) in [5, 5.41) is 4.05. The highest BCUT2D eigenvalue weighted by molar-refractivity contribution is 5.61. The van der Waals surface area contributed by atoms with Crippen LogP contribution in [0.15, 0.2) is 53.7 Å². The van der Waals surface area contributed by atoms with Crippen LogP contribution >= 0.6 is 0 Å². The third-order valence-corrected chi connectivity index (χ3v) is 3.91. The molecule has 9 nitrogen and oxygen atoms in total. The average molecular weight is 348 g/mol. The number of nitrogens with zero attached hydrogens (tertiary/aromatic N) is 6. The lowest BCUT2D eigenvalue weighted by Crippen LogP contribution is -2.02. The molecule has 0 spiro atoms. The van der Waals surface area contributed by atoms with Crippen molar-refractivity contribution in [2.24, 2.45) is 0 Å². The van der Waals surface area contributed by atoms with Gasteiger partial charge in [-0.15, -0.1) is 0 Å². The average Bonchev–Trinajstić information content (AvgIpc) is 3.43. The molecule has 0 unspecified atom stereocenters. The molecule has 4 aromatic rings. The highest BCUT2D eigenvalue weighted by Crippen LogP contribution is 2.35. The first kappa shape index (κ1) is 14.6. The molecule has 5 rings (SSSR count). The summed E-state index contributed by atoms with van der Waals surface area (Å²) in [5.41, 5.74) is 1.47. The lowest BCUT2D eigenvalue weighted by Gasteiger charge is -2.03. The van der Waals surface area contributed by atoms with Crippen LogP contribution in [-0.2, 0) is 6.54 Å². The van der Waals surface area contributed by atoms with Gasteiger partial charge in [0, 0.05) is 30.4 Å². The van der Waals surface area contributed by atoms with Gasteiger partial charge in [-0.2, -0.15) is 4.98 Å². The van der Waals surface area contributed by atoms with Gasteiger partial charge in [0.25, 0.3) is 0 Å². The summed E-state index contributed by atoms with van der Waals surface area (Å²) in [6, 6.07) is 5.53. The van der Waals surface area contributed by atoms with Gasteiger partial charge in [0.05, 0.1) is 6.20 Å². The van der Waals surface area contributed by atoms with Crippen LogP contribution in [0.25, 0.3) is 22.9 Å². The van der Waals surface area contributed by atoms with Gasteiger partial charge in [0.1, 0.15) is 12.2 Å². The van der Waals surface area contributed by atoms with Gasteiger partial charge in [-0.05, 0) is 18.2 Å². The first-order valence-electron chi connectivity index (χ1n) is 7.87. The smallest absolute Gasteiger partial charge is 0.246 e. The Morgan fingerprint density at radius 3 is 2.92 bits per heavy atom. The molecule has 26 heavy (non-hydrogen) atoms. The Morgan fingerprint density at radius 2 is 2.00 bits per heavy atom. The summed E-state index contributed by atoms with van der Waals surface area (Å²) in [5.74, 6) is 3.01. The second-order valence-corrected chi connectivity index (χ2v) is 5.55. The van der Waals surface area contributed by atoms with Crippen molar-refractivity contribution in [2.75, 3.05) is 6.79 Å². The minimum atomic E-state index is 0.224. The molecule has 1 aromatic carbocycles. The van der Waals surface area contributed by atoms with Crippen molar-refractivity contribution in [3.63, 3.8) is 0 Å². The van der Waals surface area contributed by atoms with Crippen molar-refractivity contribution in [1.82, 2.24) is 29.7 Å². The van der Waals surface area contributed by atoms with Crippen molar-refractivity contribution in [3.8, 4) is 34.4 Å². The molecule has 0 fully saturated rings. The lowest BCUT2D eigenvalue weighted by atomic mass is 10.2. The largest absolute Gasteiger partial charge is 0.454 e. The Bertz CT molecular complexity index is 1060. The predicted molar refractivity (Wildman–Crippen MR) is 88.2 cm³/mol. The van der Waals surface area contributed by atoms with Gasteiger partial charge in [0.15, 0.2) is 17.3 Å². The van der Waals surface area contributed by atoms with E-state index >= 15 is 0 Å². The van der Waals surface area contributed by atoms with Crippen molar-refractivity contribution in [3.05, 3.63) is 55.1 Å². The molecule has 0 saturated heterocycles. The quantitative estimate of drug-likeness (QED) is 0.553. The second-order valence-electron chi connectivity index (χ2n) is 5.55. The van der Waals surface area contributed by atoms with Crippen LogP contribution < -0.4 is 9.47 Å². The van der Waals surface area contributed by atoms with E-state index in [2.05, 4.69) is 25.1 Å². The van der Waals surface area contributed by atoms with E-state index in [4.69, 9.17) is 14.0 Å². The van der Waals surface area contributed by atoms with Crippen LogP contribution in [-0.4, -0.2) is 36.5 Å². The van der Waals surface area contributed by atoms with Crippen molar-refractivity contribution < 1.29 is 14.0 Å². The molecule has 0 amide bonds. The fourth-order valence-electron chi connectivity index (χ4n) is 2.70. The molecule has 1 aliphatic rings. The van der Waals surface area contributed by atoms with E-state index in [-0.39, 0.29) is 6.79 Å². The zero-order valence-corrected chi connectivity index (χ0v) is 13.4. The monoisotopic (exact) mass is 348 g/mol. The summed E-state index contributed by atoms with van der Waals surface area (Å²) >= 11 is 0. The third kappa shape index (κ3) is 2.55. The number of rotatable bonds is 4. The molecule has 0 N–H and O–H groups in total. The SMILES string of the molecule is c1cnc(-c2nccn2Cc2nc(-c3ccc4c(c3)OCO4)no2)cn1. The number of aromatic nitrogens is 6. The Morgan fingerprint density at radius 1 is 1.04 bits per heavy atom. The molecule has 0 aliphatic carbocycles. The van der Waals surface area contributed by atoms with Crippen LogP contribution in [0.2, 0.25) is 0 Å². The van der Waals surface area contributed by atoms with E-state index in [1.165, 1.54) is 0 Å².